The first-order valence-electron chi connectivity index (χ1n) is 10.6. The van der Waals surface area contributed by atoms with Gasteiger partial charge in [0, 0.05) is 17.2 Å². The van der Waals surface area contributed by atoms with Crippen LogP contribution >= 0.6 is 11.8 Å². The normalized spacial score (nSPS) is 16.7. The third-order valence-electron chi connectivity index (χ3n) is 5.21. The SMILES string of the molecule is CCOC(=O)C(CSCc1ccccc1)NC1CCc2ccccc2N(CC(=O)O)C1=O. The van der Waals surface area contributed by atoms with E-state index in [9.17, 15) is 19.5 Å². The molecule has 2 aromatic rings. The summed E-state index contributed by atoms with van der Waals surface area (Å²) in [7, 11) is 0. The molecule has 2 N–H and O–H groups in total. The van der Waals surface area contributed by atoms with Gasteiger partial charge in [-0.1, -0.05) is 48.5 Å². The maximum absolute atomic E-state index is 13.3. The minimum Gasteiger partial charge on any atom is -0.480 e. The molecule has 2 unspecified atom stereocenters. The molecule has 32 heavy (non-hydrogen) atoms. The summed E-state index contributed by atoms with van der Waals surface area (Å²) >= 11 is 1.58. The summed E-state index contributed by atoms with van der Waals surface area (Å²) in [5.41, 5.74) is 2.67. The van der Waals surface area contributed by atoms with Gasteiger partial charge >= 0.3 is 11.9 Å². The van der Waals surface area contributed by atoms with Crippen molar-refractivity contribution in [2.75, 3.05) is 23.8 Å². The van der Waals surface area contributed by atoms with E-state index in [1.54, 1.807) is 30.8 Å². The van der Waals surface area contributed by atoms with Crippen molar-refractivity contribution in [1.29, 1.82) is 0 Å². The number of amides is 1. The summed E-state index contributed by atoms with van der Waals surface area (Å²) in [6, 6.07) is 15.9. The van der Waals surface area contributed by atoms with E-state index in [0.717, 1.165) is 16.9 Å². The third kappa shape index (κ3) is 6.34. The summed E-state index contributed by atoms with van der Waals surface area (Å²) < 4.78 is 5.23. The first-order chi connectivity index (χ1) is 15.5. The van der Waals surface area contributed by atoms with E-state index in [1.807, 2.05) is 42.5 Å². The molecule has 0 radical (unpaired) electrons. The highest BCUT2D eigenvalue weighted by atomic mass is 32.2. The van der Waals surface area contributed by atoms with Gasteiger partial charge in [-0.15, -0.1) is 0 Å². The number of aryl methyl sites for hydroxylation is 1. The van der Waals surface area contributed by atoms with Gasteiger partial charge < -0.3 is 9.84 Å². The number of aliphatic carboxylic acids is 1. The van der Waals surface area contributed by atoms with Crippen molar-refractivity contribution in [3.63, 3.8) is 0 Å². The molecule has 0 saturated carbocycles. The minimum absolute atomic E-state index is 0.246. The Hall–Kier alpha value is -2.84. The predicted octanol–water partition coefficient (Wildman–Crippen LogP) is 2.87. The van der Waals surface area contributed by atoms with E-state index in [-0.39, 0.29) is 12.5 Å². The molecular weight excluding hydrogens is 428 g/mol. The largest absolute Gasteiger partial charge is 0.480 e. The molecule has 1 heterocycles. The van der Waals surface area contributed by atoms with Gasteiger partial charge in [0.1, 0.15) is 12.6 Å². The van der Waals surface area contributed by atoms with Crippen molar-refractivity contribution in [3.05, 3.63) is 65.7 Å². The maximum Gasteiger partial charge on any atom is 0.324 e. The number of carbonyl (C=O) groups excluding carboxylic acids is 2. The number of para-hydroxylation sites is 1. The Labute approximate surface area is 192 Å². The van der Waals surface area contributed by atoms with Gasteiger partial charge in [-0.2, -0.15) is 11.8 Å². The van der Waals surface area contributed by atoms with Gasteiger partial charge in [0.25, 0.3) is 0 Å². The van der Waals surface area contributed by atoms with Crippen LogP contribution in [0.15, 0.2) is 54.6 Å². The fourth-order valence-corrected chi connectivity index (χ4v) is 4.72. The Morgan fingerprint density at radius 2 is 1.91 bits per heavy atom. The molecule has 1 aliphatic heterocycles. The zero-order chi connectivity index (χ0) is 22.9. The number of carbonyl (C=O) groups is 3. The number of benzene rings is 2. The molecule has 0 aromatic heterocycles. The van der Waals surface area contributed by atoms with Crippen LogP contribution in [0.25, 0.3) is 0 Å². The molecule has 0 bridgehead atoms. The smallest absolute Gasteiger partial charge is 0.324 e. The molecule has 0 aliphatic carbocycles. The second-order valence-electron chi connectivity index (χ2n) is 7.51. The molecule has 170 valence electrons. The number of anilines is 1. The molecule has 3 rings (SSSR count). The number of hydrogen-bond acceptors (Lipinski definition) is 6. The number of esters is 1. The van der Waals surface area contributed by atoms with Crippen LogP contribution in [-0.4, -0.2) is 53.9 Å². The molecule has 7 nitrogen and oxygen atoms in total. The lowest BCUT2D eigenvalue weighted by Crippen LogP contribution is -2.53. The van der Waals surface area contributed by atoms with E-state index in [1.165, 1.54) is 4.90 Å². The Morgan fingerprint density at radius 1 is 1.19 bits per heavy atom. The lowest BCUT2D eigenvalue weighted by molar-refractivity contribution is -0.145. The monoisotopic (exact) mass is 456 g/mol. The fraction of sp³-hybridized carbons (Fsp3) is 0.375. The Kier molecular flexibility index (Phi) is 8.70. The Bertz CT molecular complexity index is 937. The van der Waals surface area contributed by atoms with Crippen molar-refractivity contribution in [2.24, 2.45) is 0 Å². The van der Waals surface area contributed by atoms with Crippen molar-refractivity contribution in [3.8, 4) is 0 Å². The second-order valence-corrected chi connectivity index (χ2v) is 8.54. The highest BCUT2D eigenvalue weighted by molar-refractivity contribution is 7.98. The van der Waals surface area contributed by atoms with Gasteiger partial charge in [-0.05, 0) is 37.0 Å². The number of fused-ring (bicyclic) bond motifs is 1. The number of carboxylic acids is 1. The van der Waals surface area contributed by atoms with E-state index in [2.05, 4.69) is 5.32 Å². The third-order valence-corrected chi connectivity index (χ3v) is 6.32. The van der Waals surface area contributed by atoms with Crippen LogP contribution in [-0.2, 0) is 31.3 Å². The zero-order valence-electron chi connectivity index (χ0n) is 18.0. The van der Waals surface area contributed by atoms with E-state index < -0.39 is 30.6 Å². The Balaban J connectivity index is 1.74. The summed E-state index contributed by atoms with van der Waals surface area (Å²) in [6.07, 6.45) is 1.06. The first-order valence-corrected chi connectivity index (χ1v) is 11.8. The minimum atomic E-state index is -1.09. The second kappa shape index (κ2) is 11.7. The van der Waals surface area contributed by atoms with Gasteiger partial charge in [0.05, 0.1) is 12.6 Å². The standard InChI is InChI=1S/C24H28N2O5S/c1-2-31-24(30)20(16-32-15-17-8-4-3-5-9-17)25-19-13-12-18-10-6-7-11-21(18)26(23(19)29)14-22(27)28/h3-11,19-20,25H,2,12-16H2,1H3,(H,27,28). The fourth-order valence-electron chi connectivity index (χ4n) is 3.71. The van der Waals surface area contributed by atoms with Crippen LogP contribution in [0.5, 0.6) is 0 Å². The quantitative estimate of drug-likeness (QED) is 0.531. The lowest BCUT2D eigenvalue weighted by Gasteiger charge is -2.27. The first kappa shape index (κ1) is 23.8. The van der Waals surface area contributed by atoms with Crippen LogP contribution in [0, 0.1) is 0 Å². The maximum atomic E-state index is 13.3. The molecule has 1 aliphatic rings. The number of carboxylic acid groups (broad SMARTS) is 1. The number of rotatable bonds is 10. The van der Waals surface area contributed by atoms with Gasteiger partial charge in [0.2, 0.25) is 5.91 Å². The molecule has 0 spiro atoms. The van der Waals surface area contributed by atoms with Crippen LogP contribution in [0.4, 0.5) is 5.69 Å². The number of ether oxygens (including phenoxy) is 1. The summed E-state index contributed by atoms with van der Waals surface area (Å²) in [5.74, 6) is -0.682. The van der Waals surface area contributed by atoms with E-state index in [4.69, 9.17) is 4.74 Å². The number of hydrogen-bond donors (Lipinski definition) is 2. The predicted molar refractivity (Wildman–Crippen MR) is 125 cm³/mol. The van der Waals surface area contributed by atoms with Crippen molar-refractivity contribution in [1.82, 2.24) is 5.32 Å². The highest BCUT2D eigenvalue weighted by Gasteiger charge is 2.34. The average Bonchev–Trinajstić information content (AvgIpc) is 2.91. The van der Waals surface area contributed by atoms with Gasteiger partial charge in [0.15, 0.2) is 0 Å². The molecule has 0 saturated heterocycles. The van der Waals surface area contributed by atoms with Gasteiger partial charge in [-0.25, -0.2) is 0 Å². The Morgan fingerprint density at radius 3 is 2.62 bits per heavy atom. The van der Waals surface area contributed by atoms with Crippen LogP contribution < -0.4 is 10.2 Å². The van der Waals surface area contributed by atoms with Crippen molar-refractivity contribution in [2.45, 2.75) is 37.6 Å². The molecule has 8 heteroatoms. The molecule has 1 amide bonds. The zero-order valence-corrected chi connectivity index (χ0v) is 18.8. The lowest BCUT2D eigenvalue weighted by atomic mass is 10.1. The average molecular weight is 457 g/mol. The molecule has 0 fully saturated rings. The summed E-state index contributed by atoms with van der Waals surface area (Å²) in [4.78, 5) is 38.6. The molecular formula is C24H28N2O5S. The van der Waals surface area contributed by atoms with Crippen LogP contribution in [0.1, 0.15) is 24.5 Å². The van der Waals surface area contributed by atoms with Crippen LogP contribution in [0.3, 0.4) is 0 Å². The topological polar surface area (TPSA) is 95.9 Å². The highest BCUT2D eigenvalue weighted by Crippen LogP contribution is 2.27. The van der Waals surface area contributed by atoms with E-state index >= 15 is 0 Å². The van der Waals surface area contributed by atoms with Crippen molar-refractivity contribution >= 4 is 35.3 Å². The summed E-state index contributed by atoms with van der Waals surface area (Å²) in [5, 5.41) is 12.5. The number of thioether (sulfide) groups is 1. The summed E-state index contributed by atoms with van der Waals surface area (Å²) in [6.45, 7) is 1.56. The van der Waals surface area contributed by atoms with Crippen LogP contribution in [0.2, 0.25) is 0 Å². The van der Waals surface area contributed by atoms with Crippen molar-refractivity contribution < 1.29 is 24.2 Å². The molecule has 2 atom stereocenters. The number of nitrogens with one attached hydrogen (secondary N) is 1. The van der Waals surface area contributed by atoms with E-state index in [0.29, 0.717) is 24.3 Å². The number of nitrogens with zero attached hydrogens (tertiary/aromatic N) is 1. The van der Waals surface area contributed by atoms with Gasteiger partial charge in [-0.3, -0.25) is 24.6 Å². The molecule has 2 aromatic carbocycles.